The second kappa shape index (κ2) is 11.2. The van der Waals surface area contributed by atoms with Gasteiger partial charge in [0.05, 0.1) is 12.9 Å². The Morgan fingerprint density at radius 3 is 2.25 bits per heavy atom. The van der Waals surface area contributed by atoms with E-state index in [1.807, 2.05) is 0 Å². The van der Waals surface area contributed by atoms with Crippen molar-refractivity contribution in [3.63, 3.8) is 0 Å². The predicted molar refractivity (Wildman–Crippen MR) is 106 cm³/mol. The minimum absolute atomic E-state index is 0. The molecule has 3 heterocycles. The Bertz CT molecular complexity index is 1100. The molecule has 170 valence electrons. The van der Waals surface area contributed by atoms with E-state index in [0.717, 1.165) is 6.33 Å². The zero-order valence-corrected chi connectivity index (χ0v) is 23.2. The molecule has 6 atom stereocenters. The number of aliphatic hydroxyl groups excluding tert-OH is 2. The minimum Gasteiger partial charge on any atom is -0.387 e. The number of nitrogen functional groups attached to an aromatic ring is 1. The van der Waals surface area contributed by atoms with Crippen molar-refractivity contribution in [1.82, 2.24) is 19.5 Å². The molecule has 0 amide bonds. The maximum atomic E-state index is 11.9. The normalized spacial score (nSPS) is 27.2. The fraction of sp³-hybridized carbons (Fsp3) is 0.500. The molecule has 22 heteroatoms. The number of hydrogen-bond acceptors (Lipinski definition) is 12. The standard InChI is InChI=1S/C10H16N5O12P3.2Na/c11-8-5-9(13-2-12-8)15(3-14-5)10-7(17)6(16)4(26-10)1-25-29(21,22)30(23,24)27-28(18,19)20;;/h2-4,6-7,10,16-17H,1H2,(H,21,22)(H,23,24)(H2,11,12,13)(H2,18,19,20);;/t4-,6-,7-,10-;;/m1../s1. The van der Waals surface area contributed by atoms with Gasteiger partial charge in [-0.15, -0.1) is 0 Å². The number of imidazole rings is 1. The Hall–Kier alpha value is 0.680. The van der Waals surface area contributed by atoms with Crippen LogP contribution >= 0.6 is 22.4 Å². The van der Waals surface area contributed by atoms with Crippen molar-refractivity contribution in [2.45, 2.75) is 24.5 Å². The van der Waals surface area contributed by atoms with Gasteiger partial charge in [0.25, 0.3) is 0 Å². The van der Waals surface area contributed by atoms with Crippen LogP contribution in [0, 0.1) is 0 Å². The Morgan fingerprint density at radius 2 is 1.66 bits per heavy atom. The van der Waals surface area contributed by atoms with E-state index in [2.05, 4.69) is 23.8 Å². The summed E-state index contributed by atoms with van der Waals surface area (Å²) in [6, 6.07) is 0. The molecule has 0 saturated carbocycles. The zero-order chi connectivity index (χ0) is 22.5. The smallest absolute Gasteiger partial charge is 0.387 e. The first-order chi connectivity index (χ1) is 13.7. The van der Waals surface area contributed by atoms with Crippen LogP contribution in [0.3, 0.4) is 0 Å². The molecule has 0 aromatic carbocycles. The van der Waals surface area contributed by atoms with E-state index in [1.165, 1.54) is 10.9 Å². The van der Waals surface area contributed by atoms with Gasteiger partial charge in [-0.05, 0) is 0 Å². The molecule has 17 nitrogen and oxygen atoms in total. The number of aromatic nitrogens is 4. The monoisotopic (exact) mass is 537 g/mol. The largest absolute Gasteiger partial charge is 0.477 e. The summed E-state index contributed by atoms with van der Waals surface area (Å²) in [6.07, 6.45) is -3.82. The molecule has 0 bridgehead atoms. The van der Waals surface area contributed by atoms with Gasteiger partial charge in [0.2, 0.25) is 0 Å². The Balaban J connectivity index is 0.00000256. The number of phosphoric acid groups is 1. The number of fused-ring (bicyclic) bond motifs is 1. The van der Waals surface area contributed by atoms with Gasteiger partial charge in [-0.3, -0.25) is 9.09 Å². The maximum absolute atomic E-state index is 11.9. The molecule has 2 radical (unpaired) electrons. The van der Waals surface area contributed by atoms with Gasteiger partial charge in [-0.1, -0.05) is 0 Å². The molecule has 0 spiro atoms. The third kappa shape index (κ3) is 6.46. The van der Waals surface area contributed by atoms with Gasteiger partial charge in [0.1, 0.15) is 30.2 Å². The van der Waals surface area contributed by atoms with Crippen molar-refractivity contribution < 1.29 is 57.1 Å². The molecule has 1 saturated heterocycles. The average molecular weight is 537 g/mol. The first kappa shape index (κ1) is 30.7. The first-order valence-corrected chi connectivity index (χ1v) is 13.1. The molecule has 1 aliphatic rings. The fourth-order valence-electron chi connectivity index (χ4n) is 2.58. The zero-order valence-electron chi connectivity index (χ0n) is 16.5. The Kier molecular flexibility index (Phi) is 10.7. The molecule has 2 aromatic heterocycles. The summed E-state index contributed by atoms with van der Waals surface area (Å²) in [7, 11) is -17.1. The van der Waals surface area contributed by atoms with Crippen LogP contribution in [0.4, 0.5) is 5.82 Å². The summed E-state index contributed by atoms with van der Waals surface area (Å²) in [5.74, 6) is 0.0386. The maximum Gasteiger partial charge on any atom is 0.477 e. The van der Waals surface area contributed by atoms with Crippen molar-refractivity contribution in [2.75, 3.05) is 12.3 Å². The molecule has 0 aliphatic carbocycles. The summed E-state index contributed by atoms with van der Waals surface area (Å²) < 4.78 is 48.6. The van der Waals surface area contributed by atoms with E-state index in [0.29, 0.717) is 0 Å². The van der Waals surface area contributed by atoms with Crippen molar-refractivity contribution in [3.8, 4) is 0 Å². The molecular formula is C10H16N5Na2O12P3. The minimum atomic E-state index is -5.83. The van der Waals surface area contributed by atoms with Crippen molar-refractivity contribution in [1.29, 1.82) is 0 Å². The number of hydrogen-bond donors (Lipinski definition) is 7. The molecule has 32 heavy (non-hydrogen) atoms. The molecule has 2 aromatic rings. The Labute approximate surface area is 223 Å². The summed E-state index contributed by atoms with van der Waals surface area (Å²) in [6.45, 7) is -1.03. The number of aliphatic hydroxyl groups is 2. The molecule has 1 fully saturated rings. The number of ether oxygens (including phenoxy) is 1. The van der Waals surface area contributed by atoms with Crippen LogP contribution in [0.25, 0.3) is 11.2 Å². The van der Waals surface area contributed by atoms with Gasteiger partial charge < -0.3 is 40.3 Å². The molecular weight excluding hydrogens is 521 g/mol. The first-order valence-electron chi connectivity index (χ1n) is 7.75. The fourth-order valence-corrected chi connectivity index (χ4v) is 6.87. The second-order valence-electron chi connectivity index (χ2n) is 5.98. The molecule has 3 rings (SSSR count). The topological polar surface area (TPSA) is 270 Å². The van der Waals surface area contributed by atoms with Crippen LogP contribution in [-0.4, -0.2) is 133 Å². The third-order valence-electron chi connectivity index (χ3n) is 3.94. The van der Waals surface area contributed by atoms with Crippen LogP contribution in [-0.2, 0) is 27.3 Å². The van der Waals surface area contributed by atoms with Crippen molar-refractivity contribution >= 4 is 98.5 Å². The van der Waals surface area contributed by atoms with Crippen molar-refractivity contribution in [2.24, 2.45) is 0 Å². The van der Waals surface area contributed by atoms with Crippen molar-refractivity contribution in [3.05, 3.63) is 12.7 Å². The SMILES string of the molecule is Nc1ncnc2c1ncn2[C@@H]1O[C@H](COP(=O)(O)P(=O)(O)OP(=O)(O)O)[C@@H](O)[C@H]1O.[Na].[Na]. The predicted octanol–water partition coefficient (Wildman–Crippen LogP) is -2.32. The van der Waals surface area contributed by atoms with Crippen LogP contribution in [0.5, 0.6) is 0 Å². The second-order valence-corrected chi connectivity index (χ2v) is 12.9. The van der Waals surface area contributed by atoms with E-state index in [4.69, 9.17) is 20.3 Å². The van der Waals surface area contributed by atoms with Crippen LogP contribution < -0.4 is 5.73 Å². The summed E-state index contributed by atoms with van der Waals surface area (Å²) in [5.41, 5.74) is 5.98. The number of nitrogens with zero attached hydrogens (tertiary/aromatic N) is 4. The van der Waals surface area contributed by atoms with Gasteiger partial charge in [0.15, 0.2) is 17.7 Å². The van der Waals surface area contributed by atoms with Gasteiger partial charge in [-0.25, -0.2) is 28.6 Å². The number of anilines is 1. The Morgan fingerprint density at radius 1 is 1.03 bits per heavy atom. The van der Waals surface area contributed by atoms with E-state index in [9.17, 15) is 33.7 Å². The van der Waals surface area contributed by atoms with Crippen LogP contribution in [0.1, 0.15) is 6.23 Å². The van der Waals surface area contributed by atoms with Gasteiger partial charge in [0, 0.05) is 59.1 Å². The van der Waals surface area contributed by atoms with Crippen LogP contribution in [0.2, 0.25) is 0 Å². The summed E-state index contributed by atoms with van der Waals surface area (Å²) in [4.78, 5) is 47.6. The van der Waals surface area contributed by atoms with E-state index < -0.39 is 53.5 Å². The third-order valence-corrected chi connectivity index (χ3v) is 9.68. The molecule has 2 unspecified atom stereocenters. The van der Waals surface area contributed by atoms with E-state index >= 15 is 0 Å². The summed E-state index contributed by atoms with van der Waals surface area (Å²) in [5, 5.41) is 20.4. The molecule has 1 aliphatic heterocycles. The van der Waals surface area contributed by atoms with Gasteiger partial charge >= 0.3 is 22.4 Å². The molecule has 8 N–H and O–H groups in total. The van der Waals surface area contributed by atoms with E-state index in [-0.39, 0.29) is 76.1 Å². The summed E-state index contributed by atoms with van der Waals surface area (Å²) >= 11 is 0. The number of rotatable bonds is 7. The van der Waals surface area contributed by atoms with Crippen LogP contribution in [0.15, 0.2) is 12.7 Å². The van der Waals surface area contributed by atoms with E-state index in [1.54, 1.807) is 0 Å². The average Bonchev–Trinajstić information content (AvgIpc) is 3.14. The number of nitrogens with two attached hydrogens (primary N) is 1. The van der Waals surface area contributed by atoms with Gasteiger partial charge in [-0.2, -0.15) is 4.31 Å². The quantitative estimate of drug-likeness (QED) is 0.144.